The number of fused-ring (bicyclic) bond motifs is 3. The fraction of sp³-hybridized carbons (Fsp3) is 0. The Morgan fingerprint density at radius 3 is 2.71 bits per heavy atom. The molecule has 0 radical (unpaired) electrons. The maximum absolute atomic E-state index is 11.5. The number of nitrogens with one attached hydrogen (secondary N) is 1. The lowest BCUT2D eigenvalue weighted by Gasteiger charge is -2.00. The normalized spacial score (nSPS) is 11.1. The molecular formula is C13H9BrN2O. The van der Waals surface area contributed by atoms with Crippen molar-refractivity contribution in [2.75, 3.05) is 0 Å². The lowest BCUT2D eigenvalue weighted by atomic mass is 10.1. The summed E-state index contributed by atoms with van der Waals surface area (Å²) in [6.45, 7) is 0. The maximum Gasteiger partial charge on any atom is 0.249 e. The molecule has 0 saturated heterocycles. The molecule has 1 heterocycles. The van der Waals surface area contributed by atoms with E-state index in [2.05, 4.69) is 20.9 Å². The van der Waals surface area contributed by atoms with Crippen LogP contribution in [-0.2, 0) is 0 Å². The van der Waals surface area contributed by atoms with Gasteiger partial charge in [0.05, 0.1) is 5.56 Å². The number of nitrogens with two attached hydrogens (primary N) is 1. The molecule has 3 nitrogen and oxygen atoms in total. The molecule has 3 N–H and O–H groups in total. The van der Waals surface area contributed by atoms with Crippen LogP contribution in [0.1, 0.15) is 10.4 Å². The van der Waals surface area contributed by atoms with Gasteiger partial charge in [0, 0.05) is 26.3 Å². The van der Waals surface area contributed by atoms with Crippen molar-refractivity contribution in [2.24, 2.45) is 5.73 Å². The first-order valence-corrected chi connectivity index (χ1v) is 5.96. The molecule has 1 aromatic heterocycles. The second kappa shape index (κ2) is 3.60. The number of amides is 1. The number of hydrogen-bond acceptors (Lipinski definition) is 1. The Hall–Kier alpha value is -1.81. The zero-order chi connectivity index (χ0) is 12.0. The van der Waals surface area contributed by atoms with Gasteiger partial charge in [-0.15, -0.1) is 0 Å². The van der Waals surface area contributed by atoms with Crippen LogP contribution >= 0.6 is 15.9 Å². The minimum Gasteiger partial charge on any atom is -0.366 e. The molecule has 0 saturated carbocycles. The van der Waals surface area contributed by atoms with Gasteiger partial charge in [0.1, 0.15) is 0 Å². The van der Waals surface area contributed by atoms with E-state index >= 15 is 0 Å². The molecule has 2 aromatic carbocycles. The monoisotopic (exact) mass is 288 g/mol. The number of aromatic nitrogens is 1. The first kappa shape index (κ1) is 10.4. The minimum atomic E-state index is -0.416. The van der Waals surface area contributed by atoms with Crippen LogP contribution in [0.2, 0.25) is 0 Å². The number of aromatic amines is 1. The Morgan fingerprint density at radius 2 is 1.94 bits per heavy atom. The Kier molecular flexibility index (Phi) is 2.19. The number of H-pyrrole nitrogens is 1. The molecule has 0 spiro atoms. The third-order valence-electron chi connectivity index (χ3n) is 2.83. The van der Waals surface area contributed by atoms with E-state index in [1.165, 1.54) is 0 Å². The van der Waals surface area contributed by atoms with Crippen molar-refractivity contribution in [3.05, 3.63) is 46.4 Å². The quantitative estimate of drug-likeness (QED) is 0.710. The van der Waals surface area contributed by atoms with E-state index in [0.717, 1.165) is 26.3 Å². The van der Waals surface area contributed by atoms with Crippen LogP contribution in [0.5, 0.6) is 0 Å². The number of carbonyl (C=O) groups excluding carboxylic acids is 1. The molecule has 17 heavy (non-hydrogen) atoms. The van der Waals surface area contributed by atoms with Crippen LogP contribution in [0.4, 0.5) is 0 Å². The summed E-state index contributed by atoms with van der Waals surface area (Å²) in [6, 6.07) is 11.6. The molecule has 0 bridgehead atoms. The smallest absolute Gasteiger partial charge is 0.249 e. The summed E-state index contributed by atoms with van der Waals surface area (Å²) in [5, 5.41) is 1.90. The summed E-state index contributed by atoms with van der Waals surface area (Å²) in [4.78, 5) is 14.8. The van der Waals surface area contributed by atoms with Crippen LogP contribution in [-0.4, -0.2) is 10.9 Å². The largest absolute Gasteiger partial charge is 0.366 e. The Morgan fingerprint density at radius 1 is 1.18 bits per heavy atom. The average molecular weight is 289 g/mol. The predicted octanol–water partition coefficient (Wildman–Crippen LogP) is 3.18. The van der Waals surface area contributed by atoms with E-state index in [4.69, 9.17) is 5.73 Å². The Balaban J connectivity index is 2.58. The number of hydrogen-bond donors (Lipinski definition) is 2. The van der Waals surface area contributed by atoms with E-state index in [0.29, 0.717) is 5.56 Å². The highest BCUT2D eigenvalue weighted by molar-refractivity contribution is 9.10. The van der Waals surface area contributed by atoms with Crippen molar-refractivity contribution in [2.45, 2.75) is 0 Å². The fourth-order valence-corrected chi connectivity index (χ4v) is 2.60. The summed E-state index contributed by atoms with van der Waals surface area (Å²) in [6.07, 6.45) is 0. The van der Waals surface area contributed by atoms with Gasteiger partial charge in [-0.3, -0.25) is 4.79 Å². The minimum absolute atomic E-state index is 0.416. The van der Waals surface area contributed by atoms with Gasteiger partial charge < -0.3 is 10.7 Å². The lowest BCUT2D eigenvalue weighted by molar-refractivity contribution is 0.100. The highest BCUT2D eigenvalue weighted by Gasteiger charge is 2.13. The van der Waals surface area contributed by atoms with Crippen molar-refractivity contribution in [3.8, 4) is 0 Å². The number of halogens is 1. The SMILES string of the molecule is NC(=O)c1cc(Br)cc2[nH]c3ccccc3c12. The molecule has 84 valence electrons. The Labute approximate surface area is 106 Å². The van der Waals surface area contributed by atoms with Gasteiger partial charge in [0.25, 0.3) is 0 Å². The summed E-state index contributed by atoms with van der Waals surface area (Å²) in [7, 11) is 0. The van der Waals surface area contributed by atoms with Gasteiger partial charge in [-0.25, -0.2) is 0 Å². The number of para-hydroxylation sites is 1. The second-order valence-electron chi connectivity index (χ2n) is 3.91. The molecule has 0 unspecified atom stereocenters. The molecule has 4 heteroatoms. The molecule has 3 aromatic rings. The summed E-state index contributed by atoms with van der Waals surface area (Å²) in [5.74, 6) is -0.416. The lowest BCUT2D eigenvalue weighted by Crippen LogP contribution is -2.11. The van der Waals surface area contributed by atoms with E-state index in [-0.39, 0.29) is 0 Å². The molecule has 0 fully saturated rings. The summed E-state index contributed by atoms with van der Waals surface area (Å²) >= 11 is 3.38. The molecule has 0 aliphatic carbocycles. The van der Waals surface area contributed by atoms with Crippen molar-refractivity contribution < 1.29 is 4.79 Å². The maximum atomic E-state index is 11.5. The van der Waals surface area contributed by atoms with Crippen molar-refractivity contribution in [3.63, 3.8) is 0 Å². The molecule has 0 aliphatic rings. The predicted molar refractivity (Wildman–Crippen MR) is 72.0 cm³/mol. The summed E-state index contributed by atoms with van der Waals surface area (Å²) < 4.78 is 0.838. The van der Waals surface area contributed by atoms with Gasteiger partial charge in [-0.1, -0.05) is 34.1 Å². The second-order valence-corrected chi connectivity index (χ2v) is 4.83. The van der Waals surface area contributed by atoms with Crippen LogP contribution in [0.15, 0.2) is 40.9 Å². The number of carbonyl (C=O) groups is 1. The molecular weight excluding hydrogens is 280 g/mol. The van der Waals surface area contributed by atoms with Gasteiger partial charge in [0.2, 0.25) is 5.91 Å². The first-order valence-electron chi connectivity index (χ1n) is 5.16. The topological polar surface area (TPSA) is 58.9 Å². The van der Waals surface area contributed by atoms with Gasteiger partial charge in [0.15, 0.2) is 0 Å². The van der Waals surface area contributed by atoms with E-state index < -0.39 is 5.91 Å². The number of rotatable bonds is 1. The van der Waals surface area contributed by atoms with Crippen LogP contribution < -0.4 is 5.73 Å². The van der Waals surface area contributed by atoms with Crippen LogP contribution in [0.3, 0.4) is 0 Å². The van der Waals surface area contributed by atoms with Gasteiger partial charge in [-0.2, -0.15) is 0 Å². The highest BCUT2D eigenvalue weighted by atomic mass is 79.9. The molecule has 1 amide bonds. The van der Waals surface area contributed by atoms with Crippen molar-refractivity contribution in [1.29, 1.82) is 0 Å². The van der Waals surface area contributed by atoms with E-state index in [9.17, 15) is 4.79 Å². The molecule has 0 aliphatic heterocycles. The summed E-state index contributed by atoms with van der Waals surface area (Å²) in [5.41, 5.74) is 7.87. The standard InChI is InChI=1S/C13H9BrN2O/c14-7-5-9(13(15)17)12-8-3-1-2-4-10(8)16-11(12)6-7/h1-6,16H,(H2,15,17). The third-order valence-corrected chi connectivity index (χ3v) is 3.29. The van der Waals surface area contributed by atoms with Crippen molar-refractivity contribution >= 4 is 43.6 Å². The zero-order valence-corrected chi connectivity index (χ0v) is 10.4. The fourth-order valence-electron chi connectivity index (χ4n) is 2.15. The average Bonchev–Trinajstić information content (AvgIpc) is 2.65. The van der Waals surface area contributed by atoms with E-state index in [1.807, 2.05) is 30.3 Å². The number of primary amides is 1. The van der Waals surface area contributed by atoms with Crippen LogP contribution in [0, 0.1) is 0 Å². The van der Waals surface area contributed by atoms with Gasteiger partial charge in [-0.05, 0) is 18.2 Å². The number of benzene rings is 2. The Bertz CT molecular complexity index is 746. The first-order chi connectivity index (χ1) is 8.16. The molecule has 3 rings (SSSR count). The molecule has 0 atom stereocenters. The van der Waals surface area contributed by atoms with Crippen molar-refractivity contribution in [1.82, 2.24) is 4.98 Å². The third kappa shape index (κ3) is 1.52. The van der Waals surface area contributed by atoms with Crippen LogP contribution in [0.25, 0.3) is 21.8 Å². The van der Waals surface area contributed by atoms with E-state index in [1.54, 1.807) is 6.07 Å². The zero-order valence-electron chi connectivity index (χ0n) is 8.83. The van der Waals surface area contributed by atoms with Gasteiger partial charge >= 0.3 is 0 Å². The highest BCUT2D eigenvalue weighted by Crippen LogP contribution is 2.30.